The maximum absolute atomic E-state index is 11.0. The van der Waals surface area contributed by atoms with Crippen LogP contribution in [0.4, 0.5) is 4.79 Å². The van der Waals surface area contributed by atoms with Gasteiger partial charge in [0.15, 0.2) is 0 Å². The molecule has 1 fully saturated rings. The molecule has 0 aromatic heterocycles. The van der Waals surface area contributed by atoms with E-state index in [4.69, 9.17) is 4.74 Å². The van der Waals surface area contributed by atoms with Crippen LogP contribution >= 0.6 is 28.3 Å². The Morgan fingerprint density at radius 1 is 1.33 bits per heavy atom. The van der Waals surface area contributed by atoms with Gasteiger partial charge in [-0.2, -0.15) is 0 Å². The summed E-state index contributed by atoms with van der Waals surface area (Å²) in [4.78, 5) is 11.0. The van der Waals surface area contributed by atoms with E-state index in [1.54, 1.807) is 0 Å². The zero-order valence-electron chi connectivity index (χ0n) is 7.90. The molecule has 1 aromatic rings. The first-order chi connectivity index (χ1) is 6.75. The average Bonchev–Trinajstić information content (AvgIpc) is 2.19. The van der Waals surface area contributed by atoms with Gasteiger partial charge < -0.3 is 10.1 Å². The summed E-state index contributed by atoms with van der Waals surface area (Å²) in [5, 5.41) is 2.78. The number of hydrogen-bond acceptors (Lipinski definition) is 2. The van der Waals surface area contributed by atoms with Gasteiger partial charge in [0.1, 0.15) is 0 Å². The van der Waals surface area contributed by atoms with Gasteiger partial charge >= 0.3 is 6.09 Å². The van der Waals surface area contributed by atoms with E-state index in [-0.39, 0.29) is 24.5 Å². The third kappa shape index (κ3) is 3.11. The third-order valence-electron chi connectivity index (χ3n) is 2.20. The summed E-state index contributed by atoms with van der Waals surface area (Å²) >= 11 is 3.37. The maximum atomic E-state index is 11.0. The molecule has 1 N–H and O–H groups in total. The van der Waals surface area contributed by atoms with Crippen LogP contribution in [0.2, 0.25) is 0 Å². The summed E-state index contributed by atoms with van der Waals surface area (Å²) in [5.74, 6) is 0. The van der Waals surface area contributed by atoms with E-state index in [2.05, 4.69) is 21.2 Å². The van der Waals surface area contributed by atoms with Crippen LogP contribution in [0, 0.1) is 0 Å². The van der Waals surface area contributed by atoms with Gasteiger partial charge in [-0.05, 0) is 17.7 Å². The minimum absolute atomic E-state index is 0. The molecular weight excluding hydrogens is 281 g/mol. The lowest BCUT2D eigenvalue weighted by Gasteiger charge is -2.23. The molecule has 1 aliphatic rings. The maximum Gasteiger partial charge on any atom is 0.407 e. The van der Waals surface area contributed by atoms with Crippen molar-refractivity contribution in [2.45, 2.75) is 12.5 Å². The van der Waals surface area contributed by atoms with E-state index >= 15 is 0 Å². The molecule has 1 heterocycles. The average molecular weight is 293 g/mol. The lowest BCUT2D eigenvalue weighted by Crippen LogP contribution is -2.35. The van der Waals surface area contributed by atoms with Crippen molar-refractivity contribution in [3.8, 4) is 0 Å². The number of rotatable bonds is 1. The minimum Gasteiger partial charge on any atom is -0.449 e. The van der Waals surface area contributed by atoms with Crippen molar-refractivity contribution in [1.82, 2.24) is 5.32 Å². The Hall–Kier alpha value is -0.740. The normalized spacial score (nSPS) is 19.8. The molecule has 1 atom stereocenters. The fourth-order valence-electron chi connectivity index (χ4n) is 1.47. The molecule has 1 aliphatic heterocycles. The molecule has 1 amide bonds. The Morgan fingerprint density at radius 3 is 2.60 bits per heavy atom. The summed E-state index contributed by atoms with van der Waals surface area (Å²) in [5.41, 5.74) is 1.12. The number of cyclic esters (lactones) is 1. The molecule has 0 radical (unpaired) electrons. The van der Waals surface area contributed by atoms with E-state index in [9.17, 15) is 4.79 Å². The first kappa shape index (κ1) is 12.3. The Labute approximate surface area is 103 Å². The van der Waals surface area contributed by atoms with Crippen LogP contribution in [0.1, 0.15) is 18.0 Å². The van der Waals surface area contributed by atoms with Gasteiger partial charge in [-0.1, -0.05) is 28.1 Å². The van der Waals surface area contributed by atoms with Crippen LogP contribution in [0.15, 0.2) is 28.7 Å². The van der Waals surface area contributed by atoms with Crippen LogP contribution < -0.4 is 5.32 Å². The minimum atomic E-state index is -0.329. The van der Waals surface area contributed by atoms with Crippen LogP contribution in [-0.2, 0) is 4.74 Å². The predicted octanol–water partition coefficient (Wildman–Crippen LogP) is 3.04. The van der Waals surface area contributed by atoms with Gasteiger partial charge in [0.05, 0.1) is 12.6 Å². The second kappa shape index (κ2) is 5.37. The summed E-state index contributed by atoms with van der Waals surface area (Å²) in [6.07, 6.45) is 0.497. The molecule has 2 rings (SSSR count). The highest BCUT2D eigenvalue weighted by molar-refractivity contribution is 9.10. The number of amides is 1. The number of hydrogen-bond donors (Lipinski definition) is 1. The van der Waals surface area contributed by atoms with Crippen molar-refractivity contribution in [3.05, 3.63) is 34.3 Å². The zero-order valence-corrected chi connectivity index (χ0v) is 10.3. The summed E-state index contributed by atoms with van der Waals surface area (Å²) < 4.78 is 5.84. The number of carbonyl (C=O) groups excluding carboxylic acids is 1. The Morgan fingerprint density at radius 2 is 2.00 bits per heavy atom. The van der Waals surface area contributed by atoms with E-state index in [1.807, 2.05) is 24.3 Å². The topological polar surface area (TPSA) is 38.3 Å². The Bertz CT molecular complexity index is 342. The van der Waals surface area contributed by atoms with Gasteiger partial charge in [0.25, 0.3) is 0 Å². The Kier molecular flexibility index (Phi) is 4.42. The molecule has 0 spiro atoms. The molecule has 5 heteroatoms. The second-order valence-electron chi connectivity index (χ2n) is 3.17. The first-order valence-corrected chi connectivity index (χ1v) is 5.24. The quantitative estimate of drug-likeness (QED) is 0.864. The molecule has 82 valence electrons. The third-order valence-corrected chi connectivity index (χ3v) is 2.73. The van der Waals surface area contributed by atoms with Crippen molar-refractivity contribution in [2.75, 3.05) is 6.61 Å². The molecule has 1 saturated heterocycles. The highest BCUT2D eigenvalue weighted by Crippen LogP contribution is 2.21. The van der Waals surface area contributed by atoms with Crippen molar-refractivity contribution in [1.29, 1.82) is 0 Å². The number of alkyl carbamates (subject to hydrolysis) is 1. The highest BCUT2D eigenvalue weighted by Gasteiger charge is 2.20. The number of nitrogens with one attached hydrogen (secondary N) is 1. The monoisotopic (exact) mass is 291 g/mol. The summed E-state index contributed by atoms with van der Waals surface area (Å²) in [6.45, 7) is 0.493. The lowest BCUT2D eigenvalue weighted by molar-refractivity contribution is 0.115. The zero-order chi connectivity index (χ0) is 9.97. The molecule has 15 heavy (non-hydrogen) atoms. The molecule has 0 unspecified atom stereocenters. The molecule has 3 nitrogen and oxygen atoms in total. The van der Waals surface area contributed by atoms with Gasteiger partial charge in [0, 0.05) is 10.9 Å². The Balaban J connectivity index is 0.00000112. The van der Waals surface area contributed by atoms with Crippen LogP contribution in [0.5, 0.6) is 0 Å². The number of ether oxygens (including phenoxy) is 1. The van der Waals surface area contributed by atoms with Crippen molar-refractivity contribution >= 4 is 34.4 Å². The van der Waals surface area contributed by atoms with Crippen molar-refractivity contribution in [2.24, 2.45) is 0 Å². The molecule has 0 saturated carbocycles. The summed E-state index contributed by atoms with van der Waals surface area (Å²) in [6, 6.07) is 8.03. The molecule has 0 bridgehead atoms. The highest BCUT2D eigenvalue weighted by atomic mass is 79.9. The van der Waals surface area contributed by atoms with Gasteiger partial charge in [0.2, 0.25) is 0 Å². The van der Waals surface area contributed by atoms with Crippen molar-refractivity contribution < 1.29 is 9.53 Å². The molecule has 0 aliphatic carbocycles. The van der Waals surface area contributed by atoms with Crippen LogP contribution in [0.3, 0.4) is 0 Å². The SMILES string of the molecule is Cl.O=C1N[C@H](c2ccc(Br)cc2)CCO1. The van der Waals surface area contributed by atoms with E-state index in [0.29, 0.717) is 6.61 Å². The smallest absolute Gasteiger partial charge is 0.407 e. The number of benzene rings is 1. The molecule has 1 aromatic carbocycles. The number of halogens is 2. The summed E-state index contributed by atoms with van der Waals surface area (Å²) in [7, 11) is 0. The molecular formula is C10H11BrClNO2. The fourth-order valence-corrected chi connectivity index (χ4v) is 1.73. The number of carbonyl (C=O) groups is 1. The van der Waals surface area contributed by atoms with Gasteiger partial charge in [-0.15, -0.1) is 12.4 Å². The van der Waals surface area contributed by atoms with Crippen molar-refractivity contribution in [3.63, 3.8) is 0 Å². The second-order valence-corrected chi connectivity index (χ2v) is 4.09. The largest absolute Gasteiger partial charge is 0.449 e. The predicted molar refractivity (Wildman–Crippen MR) is 63.2 cm³/mol. The van der Waals surface area contributed by atoms with E-state index in [1.165, 1.54) is 0 Å². The first-order valence-electron chi connectivity index (χ1n) is 4.44. The van der Waals surface area contributed by atoms with Crippen LogP contribution in [-0.4, -0.2) is 12.7 Å². The van der Waals surface area contributed by atoms with Gasteiger partial charge in [-0.3, -0.25) is 0 Å². The van der Waals surface area contributed by atoms with Crippen LogP contribution in [0.25, 0.3) is 0 Å². The van der Waals surface area contributed by atoms with E-state index < -0.39 is 0 Å². The van der Waals surface area contributed by atoms with E-state index in [0.717, 1.165) is 16.5 Å². The fraction of sp³-hybridized carbons (Fsp3) is 0.300. The lowest BCUT2D eigenvalue weighted by atomic mass is 10.0. The van der Waals surface area contributed by atoms with Gasteiger partial charge in [-0.25, -0.2) is 4.79 Å². The standard InChI is InChI=1S/C10H10BrNO2.ClH/c11-8-3-1-7(2-4-8)9-5-6-14-10(13)12-9;/h1-4,9H,5-6H2,(H,12,13);1H/t9-;/m0./s1.